The smallest absolute Gasteiger partial charge is 0.237 e. The number of hydrogen-bond donors (Lipinski definition) is 2. The summed E-state index contributed by atoms with van der Waals surface area (Å²) in [5.74, 6) is 0.0735. The Balaban J connectivity index is 2.41. The van der Waals surface area contributed by atoms with Crippen LogP contribution >= 0.6 is 0 Å². The third kappa shape index (κ3) is 1.57. The van der Waals surface area contributed by atoms with Crippen molar-refractivity contribution < 1.29 is 4.79 Å². The van der Waals surface area contributed by atoms with Crippen LogP contribution in [0, 0.1) is 0 Å². The number of hydrogen-bond acceptors (Lipinski definition) is 2. The molecule has 10 heavy (non-hydrogen) atoms. The minimum absolute atomic E-state index is 0.0185. The first-order chi connectivity index (χ1) is 4.84. The minimum Gasteiger partial charge on any atom is -0.358 e. The zero-order chi connectivity index (χ0) is 7.40. The van der Waals surface area contributed by atoms with E-state index in [1.54, 1.807) is 7.05 Å². The molecule has 0 bridgehead atoms. The van der Waals surface area contributed by atoms with E-state index < -0.39 is 0 Å². The summed E-state index contributed by atoms with van der Waals surface area (Å²) in [6.07, 6.45) is 4.86. The molecule has 0 radical (unpaired) electrons. The van der Waals surface area contributed by atoms with Crippen molar-refractivity contribution in [3.05, 3.63) is 12.2 Å². The third-order valence-corrected chi connectivity index (χ3v) is 1.58. The van der Waals surface area contributed by atoms with Crippen LogP contribution < -0.4 is 10.6 Å². The molecule has 0 aromatic rings. The molecule has 0 aliphatic carbocycles. The number of carbonyl (C=O) groups excluding carboxylic acids is 1. The highest BCUT2D eigenvalue weighted by atomic mass is 16.2. The average Bonchev–Trinajstić information content (AvgIpc) is 2.05. The summed E-state index contributed by atoms with van der Waals surface area (Å²) in [4.78, 5) is 11.0. The van der Waals surface area contributed by atoms with Crippen molar-refractivity contribution in [1.29, 1.82) is 0 Å². The van der Waals surface area contributed by atoms with Crippen molar-refractivity contribution in [2.75, 3.05) is 13.6 Å². The van der Waals surface area contributed by atoms with E-state index in [1.807, 2.05) is 12.2 Å². The molecule has 0 aromatic carbocycles. The van der Waals surface area contributed by atoms with E-state index in [0.29, 0.717) is 0 Å². The highest BCUT2D eigenvalue weighted by Crippen LogP contribution is 1.98. The molecule has 2 N–H and O–H groups in total. The first kappa shape index (κ1) is 7.28. The molecule has 3 heteroatoms. The summed E-state index contributed by atoms with van der Waals surface area (Å²) in [5, 5.41) is 5.67. The van der Waals surface area contributed by atoms with Gasteiger partial charge >= 0.3 is 0 Å². The molecule has 56 valence electrons. The van der Waals surface area contributed by atoms with Gasteiger partial charge < -0.3 is 10.6 Å². The van der Waals surface area contributed by atoms with E-state index in [9.17, 15) is 4.79 Å². The molecule has 0 aromatic heterocycles. The Morgan fingerprint density at radius 1 is 1.70 bits per heavy atom. The number of amides is 1. The molecule has 1 rings (SSSR count). The second-order valence-corrected chi connectivity index (χ2v) is 2.28. The van der Waals surface area contributed by atoms with Crippen molar-refractivity contribution in [2.45, 2.75) is 12.5 Å². The predicted octanol–water partition coefficient (Wildman–Crippen LogP) is -0.350. The van der Waals surface area contributed by atoms with Crippen LogP contribution in [0.15, 0.2) is 12.2 Å². The minimum atomic E-state index is -0.0185. The highest BCUT2D eigenvalue weighted by Gasteiger charge is 2.15. The van der Waals surface area contributed by atoms with E-state index in [0.717, 1.165) is 13.0 Å². The van der Waals surface area contributed by atoms with Crippen LogP contribution in [-0.4, -0.2) is 25.5 Å². The molecular weight excluding hydrogens is 128 g/mol. The van der Waals surface area contributed by atoms with Crippen LogP contribution in [0.3, 0.4) is 0 Å². The lowest BCUT2D eigenvalue weighted by molar-refractivity contribution is -0.122. The lowest BCUT2D eigenvalue weighted by atomic mass is 10.1. The summed E-state index contributed by atoms with van der Waals surface area (Å²) in [6.45, 7) is 0.804. The summed E-state index contributed by atoms with van der Waals surface area (Å²) in [5.41, 5.74) is 0. The van der Waals surface area contributed by atoms with E-state index in [2.05, 4.69) is 10.6 Å². The maximum atomic E-state index is 11.0. The van der Waals surface area contributed by atoms with Crippen LogP contribution in [-0.2, 0) is 4.79 Å². The van der Waals surface area contributed by atoms with Crippen molar-refractivity contribution in [2.24, 2.45) is 0 Å². The lowest BCUT2D eigenvalue weighted by Gasteiger charge is -2.17. The fourth-order valence-electron chi connectivity index (χ4n) is 0.983. The summed E-state index contributed by atoms with van der Waals surface area (Å²) in [7, 11) is 1.66. The molecule has 0 saturated heterocycles. The van der Waals surface area contributed by atoms with E-state index in [1.165, 1.54) is 0 Å². The monoisotopic (exact) mass is 140 g/mol. The molecule has 0 saturated carbocycles. The van der Waals surface area contributed by atoms with Crippen LogP contribution in [0.4, 0.5) is 0 Å². The van der Waals surface area contributed by atoms with Crippen LogP contribution in [0.5, 0.6) is 0 Å². The normalized spacial score (nSPS) is 24.3. The van der Waals surface area contributed by atoms with Gasteiger partial charge in [0.2, 0.25) is 5.91 Å². The van der Waals surface area contributed by atoms with Gasteiger partial charge in [-0.05, 0) is 6.42 Å². The van der Waals surface area contributed by atoms with Gasteiger partial charge in [-0.15, -0.1) is 0 Å². The highest BCUT2D eigenvalue weighted by molar-refractivity contribution is 5.81. The standard InChI is InChI=1S/C7H12N2O/c1-8-7(10)6-4-2-3-5-9-6/h2-3,6,9H,4-5H2,1H3,(H,8,10). The maximum absolute atomic E-state index is 11.0. The van der Waals surface area contributed by atoms with E-state index in [-0.39, 0.29) is 11.9 Å². The molecule has 1 aliphatic rings. The summed E-state index contributed by atoms with van der Waals surface area (Å²) < 4.78 is 0. The molecular formula is C7H12N2O. The molecule has 1 aliphatic heterocycles. The average molecular weight is 140 g/mol. The second kappa shape index (κ2) is 3.37. The Kier molecular flexibility index (Phi) is 2.45. The molecule has 0 fully saturated rings. The number of likely N-dealkylation sites (N-methyl/N-ethyl adjacent to an activating group) is 1. The van der Waals surface area contributed by atoms with Gasteiger partial charge in [0.1, 0.15) is 0 Å². The van der Waals surface area contributed by atoms with Crippen molar-refractivity contribution in [3.8, 4) is 0 Å². The Bertz CT molecular complexity index is 154. The van der Waals surface area contributed by atoms with E-state index >= 15 is 0 Å². The van der Waals surface area contributed by atoms with Crippen molar-refractivity contribution in [1.82, 2.24) is 10.6 Å². The molecule has 1 unspecified atom stereocenters. The molecule has 3 nitrogen and oxygen atoms in total. The van der Waals surface area contributed by atoms with Gasteiger partial charge in [-0.25, -0.2) is 0 Å². The van der Waals surface area contributed by atoms with Gasteiger partial charge in [-0.2, -0.15) is 0 Å². The first-order valence-electron chi connectivity index (χ1n) is 3.44. The third-order valence-electron chi connectivity index (χ3n) is 1.58. The Morgan fingerprint density at radius 2 is 2.50 bits per heavy atom. The molecule has 1 atom stereocenters. The first-order valence-corrected chi connectivity index (χ1v) is 3.44. The number of carbonyl (C=O) groups is 1. The predicted molar refractivity (Wildman–Crippen MR) is 39.6 cm³/mol. The van der Waals surface area contributed by atoms with Gasteiger partial charge in [0.25, 0.3) is 0 Å². The quantitative estimate of drug-likeness (QED) is 0.489. The fraction of sp³-hybridized carbons (Fsp3) is 0.571. The summed E-state index contributed by atoms with van der Waals surface area (Å²) in [6, 6.07) is -0.0185. The van der Waals surface area contributed by atoms with Crippen molar-refractivity contribution in [3.63, 3.8) is 0 Å². The van der Waals surface area contributed by atoms with E-state index in [4.69, 9.17) is 0 Å². The van der Waals surface area contributed by atoms with Gasteiger partial charge in [-0.3, -0.25) is 4.79 Å². The fourth-order valence-corrected chi connectivity index (χ4v) is 0.983. The number of rotatable bonds is 1. The van der Waals surface area contributed by atoms with Crippen LogP contribution in [0.25, 0.3) is 0 Å². The van der Waals surface area contributed by atoms with Gasteiger partial charge in [0, 0.05) is 13.6 Å². The Labute approximate surface area is 60.5 Å². The van der Waals surface area contributed by atoms with Gasteiger partial charge in [0.05, 0.1) is 6.04 Å². The van der Waals surface area contributed by atoms with Gasteiger partial charge in [-0.1, -0.05) is 12.2 Å². The SMILES string of the molecule is CNC(=O)C1CC=CCN1. The zero-order valence-corrected chi connectivity index (χ0v) is 6.05. The second-order valence-electron chi connectivity index (χ2n) is 2.28. The number of nitrogens with one attached hydrogen (secondary N) is 2. The lowest BCUT2D eigenvalue weighted by Crippen LogP contribution is -2.43. The molecule has 1 amide bonds. The summed E-state index contributed by atoms with van der Waals surface area (Å²) >= 11 is 0. The maximum Gasteiger partial charge on any atom is 0.237 e. The molecule has 1 heterocycles. The molecule has 0 spiro atoms. The zero-order valence-electron chi connectivity index (χ0n) is 6.05. The Morgan fingerprint density at radius 3 is 3.00 bits per heavy atom. The van der Waals surface area contributed by atoms with Gasteiger partial charge in [0.15, 0.2) is 0 Å². The van der Waals surface area contributed by atoms with Crippen LogP contribution in [0.2, 0.25) is 0 Å². The largest absolute Gasteiger partial charge is 0.358 e. The topological polar surface area (TPSA) is 41.1 Å². The van der Waals surface area contributed by atoms with Crippen LogP contribution in [0.1, 0.15) is 6.42 Å². The van der Waals surface area contributed by atoms with Crippen molar-refractivity contribution >= 4 is 5.91 Å². The Hall–Kier alpha value is -0.830.